The Balaban J connectivity index is 1.65. The van der Waals surface area contributed by atoms with E-state index in [1.807, 2.05) is 31.2 Å². The summed E-state index contributed by atoms with van der Waals surface area (Å²) in [5.41, 5.74) is 2.83. The second-order valence-electron chi connectivity index (χ2n) is 5.65. The van der Waals surface area contributed by atoms with Crippen LogP contribution in [0.4, 0.5) is 0 Å². The van der Waals surface area contributed by atoms with Crippen LogP contribution in [0.1, 0.15) is 16.7 Å². The first kappa shape index (κ1) is 17.8. The van der Waals surface area contributed by atoms with E-state index in [0.717, 1.165) is 21.2 Å². The number of aryl methyl sites for hydroxylation is 1. The van der Waals surface area contributed by atoms with Crippen molar-refractivity contribution < 1.29 is 8.42 Å². The third kappa shape index (κ3) is 4.53. The van der Waals surface area contributed by atoms with E-state index in [1.165, 1.54) is 6.33 Å². The maximum absolute atomic E-state index is 12.4. The minimum Gasteiger partial charge on any atom is -0.249 e. The highest BCUT2D eigenvalue weighted by atomic mass is 79.9. The Morgan fingerprint density at radius 3 is 2.48 bits per heavy atom. The van der Waals surface area contributed by atoms with Gasteiger partial charge in [0.2, 0.25) is 10.0 Å². The van der Waals surface area contributed by atoms with Crippen molar-refractivity contribution in [2.45, 2.75) is 24.9 Å². The number of sulfonamides is 1. The average molecular weight is 421 g/mol. The maximum atomic E-state index is 12.4. The molecule has 0 saturated heterocycles. The fourth-order valence-electron chi connectivity index (χ4n) is 2.31. The van der Waals surface area contributed by atoms with Crippen LogP contribution >= 0.6 is 15.9 Å². The van der Waals surface area contributed by atoms with Gasteiger partial charge in [-0.15, -0.1) is 0 Å². The molecule has 0 unspecified atom stereocenters. The van der Waals surface area contributed by atoms with Gasteiger partial charge in [-0.1, -0.05) is 40.2 Å². The molecule has 0 bridgehead atoms. The van der Waals surface area contributed by atoms with Crippen molar-refractivity contribution in [2.75, 3.05) is 0 Å². The number of nitrogens with one attached hydrogen (secondary N) is 1. The highest BCUT2D eigenvalue weighted by molar-refractivity contribution is 9.10. The van der Waals surface area contributed by atoms with Gasteiger partial charge in [0, 0.05) is 11.0 Å². The summed E-state index contributed by atoms with van der Waals surface area (Å²) in [6.07, 6.45) is 3.15. The molecular weight excluding hydrogens is 404 g/mol. The predicted octanol–water partition coefficient (Wildman–Crippen LogP) is 2.88. The molecule has 130 valence electrons. The molecule has 0 aliphatic rings. The summed E-state index contributed by atoms with van der Waals surface area (Å²) in [5.74, 6) is 0. The number of rotatable bonds is 6. The second-order valence-corrected chi connectivity index (χ2v) is 8.27. The van der Waals surface area contributed by atoms with Crippen molar-refractivity contribution in [3.05, 3.63) is 76.3 Å². The normalized spacial score (nSPS) is 11.6. The molecule has 0 aliphatic carbocycles. The molecule has 0 fully saturated rings. The van der Waals surface area contributed by atoms with Crippen molar-refractivity contribution in [1.82, 2.24) is 19.5 Å². The van der Waals surface area contributed by atoms with Crippen LogP contribution in [0.5, 0.6) is 0 Å². The number of nitrogens with zero attached hydrogens (tertiary/aromatic N) is 3. The first-order valence-electron chi connectivity index (χ1n) is 7.60. The Morgan fingerprint density at radius 2 is 1.84 bits per heavy atom. The summed E-state index contributed by atoms with van der Waals surface area (Å²) in [5, 5.41) is 4.06. The second kappa shape index (κ2) is 7.47. The Morgan fingerprint density at radius 1 is 1.12 bits per heavy atom. The van der Waals surface area contributed by atoms with Crippen LogP contribution in [-0.2, 0) is 23.1 Å². The first-order valence-corrected chi connectivity index (χ1v) is 9.88. The minimum absolute atomic E-state index is 0.237. The summed E-state index contributed by atoms with van der Waals surface area (Å²) in [6, 6.07) is 12.7. The molecule has 0 spiro atoms. The zero-order valence-electron chi connectivity index (χ0n) is 13.6. The molecule has 0 atom stereocenters. The quantitative estimate of drug-likeness (QED) is 0.664. The van der Waals surface area contributed by atoms with Crippen LogP contribution in [0, 0.1) is 6.92 Å². The average Bonchev–Trinajstić information content (AvgIpc) is 3.10. The molecular formula is C17H17BrN4O2S. The number of halogens is 1. The monoisotopic (exact) mass is 420 g/mol. The molecule has 0 radical (unpaired) electrons. The Bertz CT molecular complexity index is 955. The topological polar surface area (TPSA) is 76.9 Å². The third-order valence-electron chi connectivity index (χ3n) is 3.74. The van der Waals surface area contributed by atoms with E-state index in [9.17, 15) is 8.42 Å². The van der Waals surface area contributed by atoms with Gasteiger partial charge in [0.1, 0.15) is 12.7 Å². The summed E-state index contributed by atoms with van der Waals surface area (Å²) >= 11 is 3.37. The van der Waals surface area contributed by atoms with Crippen molar-refractivity contribution in [3.8, 4) is 0 Å². The maximum Gasteiger partial charge on any atom is 0.240 e. The fourth-order valence-corrected chi connectivity index (χ4v) is 3.66. The summed E-state index contributed by atoms with van der Waals surface area (Å²) in [4.78, 5) is 4.17. The predicted molar refractivity (Wildman–Crippen MR) is 98.5 cm³/mol. The molecule has 2 aromatic carbocycles. The van der Waals surface area contributed by atoms with E-state index in [4.69, 9.17) is 0 Å². The van der Waals surface area contributed by atoms with Gasteiger partial charge in [0.25, 0.3) is 0 Å². The molecule has 0 aliphatic heterocycles. The van der Waals surface area contributed by atoms with Gasteiger partial charge in [0.05, 0.1) is 11.4 Å². The number of hydrogen-bond acceptors (Lipinski definition) is 4. The summed E-state index contributed by atoms with van der Waals surface area (Å²) in [6.45, 7) is 2.72. The Labute approximate surface area is 155 Å². The van der Waals surface area contributed by atoms with Crippen molar-refractivity contribution >= 4 is 26.0 Å². The van der Waals surface area contributed by atoms with Crippen LogP contribution in [-0.4, -0.2) is 23.2 Å². The lowest BCUT2D eigenvalue weighted by atomic mass is 10.1. The Kier molecular flexibility index (Phi) is 5.31. The molecule has 25 heavy (non-hydrogen) atoms. The molecule has 3 rings (SSSR count). The number of hydrogen-bond donors (Lipinski definition) is 1. The molecule has 1 N–H and O–H groups in total. The van der Waals surface area contributed by atoms with Crippen LogP contribution in [0.3, 0.4) is 0 Å². The molecule has 0 saturated carbocycles. The van der Waals surface area contributed by atoms with E-state index >= 15 is 0 Å². The van der Waals surface area contributed by atoms with Gasteiger partial charge >= 0.3 is 0 Å². The van der Waals surface area contributed by atoms with Crippen LogP contribution in [0.15, 0.2) is 64.5 Å². The highest BCUT2D eigenvalue weighted by Gasteiger charge is 2.14. The lowest BCUT2D eigenvalue weighted by Crippen LogP contribution is -2.23. The molecule has 6 nitrogen and oxygen atoms in total. The van der Waals surface area contributed by atoms with Crippen molar-refractivity contribution in [2.24, 2.45) is 0 Å². The molecule has 8 heteroatoms. The van der Waals surface area contributed by atoms with E-state index in [1.54, 1.807) is 29.2 Å². The van der Waals surface area contributed by atoms with E-state index < -0.39 is 10.0 Å². The zero-order chi connectivity index (χ0) is 17.9. The lowest BCUT2D eigenvalue weighted by molar-refractivity contribution is 0.581. The largest absolute Gasteiger partial charge is 0.249 e. The Hall–Kier alpha value is -2.03. The van der Waals surface area contributed by atoms with Crippen molar-refractivity contribution in [1.29, 1.82) is 0 Å². The van der Waals surface area contributed by atoms with Gasteiger partial charge in [-0.3, -0.25) is 0 Å². The van der Waals surface area contributed by atoms with Gasteiger partial charge in [-0.05, 0) is 41.8 Å². The third-order valence-corrected chi connectivity index (χ3v) is 6.03. The van der Waals surface area contributed by atoms with E-state index in [0.29, 0.717) is 6.54 Å². The molecule has 1 aromatic heterocycles. The SMILES string of the molecule is Cc1cc(S(=O)(=O)NCc2ccc(Cn3cncn3)cc2)ccc1Br. The molecule has 3 aromatic rings. The molecule has 1 heterocycles. The van der Waals surface area contributed by atoms with Gasteiger partial charge < -0.3 is 0 Å². The smallest absolute Gasteiger partial charge is 0.240 e. The lowest BCUT2D eigenvalue weighted by Gasteiger charge is -2.09. The van der Waals surface area contributed by atoms with Crippen LogP contribution in [0.25, 0.3) is 0 Å². The highest BCUT2D eigenvalue weighted by Crippen LogP contribution is 2.20. The fraction of sp³-hybridized carbons (Fsp3) is 0.176. The van der Waals surface area contributed by atoms with Gasteiger partial charge in [-0.25, -0.2) is 22.8 Å². The van der Waals surface area contributed by atoms with E-state index in [-0.39, 0.29) is 11.4 Å². The number of benzene rings is 2. The summed E-state index contributed by atoms with van der Waals surface area (Å²) in [7, 11) is -3.54. The minimum atomic E-state index is -3.54. The van der Waals surface area contributed by atoms with Crippen LogP contribution in [0.2, 0.25) is 0 Å². The van der Waals surface area contributed by atoms with Crippen LogP contribution < -0.4 is 4.72 Å². The zero-order valence-corrected chi connectivity index (χ0v) is 16.0. The summed E-state index contributed by atoms with van der Waals surface area (Å²) < 4.78 is 30.1. The number of aromatic nitrogens is 3. The van der Waals surface area contributed by atoms with Crippen molar-refractivity contribution in [3.63, 3.8) is 0 Å². The standard InChI is InChI=1S/C17H17BrN4O2S/c1-13-8-16(6-7-17(13)18)25(23,24)21-9-14-2-4-15(5-3-14)10-22-12-19-11-20-22/h2-8,11-12,21H,9-10H2,1H3. The van der Waals surface area contributed by atoms with Gasteiger partial charge in [0.15, 0.2) is 0 Å². The first-order chi connectivity index (χ1) is 11.9. The van der Waals surface area contributed by atoms with Gasteiger partial charge in [-0.2, -0.15) is 5.10 Å². The van der Waals surface area contributed by atoms with E-state index in [2.05, 4.69) is 30.7 Å². The molecule has 0 amide bonds.